The lowest BCUT2D eigenvalue weighted by Gasteiger charge is -2.13. The molecular weight excluding hydrogens is 1230 g/mol. The van der Waals surface area contributed by atoms with Crippen LogP contribution in [0.2, 0.25) is 5.02 Å². The van der Waals surface area contributed by atoms with E-state index in [-0.39, 0.29) is 60.9 Å². The fourth-order valence-corrected chi connectivity index (χ4v) is 12.4. The summed E-state index contributed by atoms with van der Waals surface area (Å²) in [6.45, 7) is 0.933. The number of phenolic OH excluding ortho intramolecular Hbond substituents is 1. The van der Waals surface area contributed by atoms with E-state index in [4.69, 9.17) is 16.3 Å². The third-order valence-corrected chi connectivity index (χ3v) is 17.1. The molecule has 0 radical (unpaired) electrons. The molecule has 0 saturated carbocycles. The summed E-state index contributed by atoms with van der Waals surface area (Å²) in [5, 5.41) is 49.2. The molecule has 0 unspecified atom stereocenters. The van der Waals surface area contributed by atoms with Gasteiger partial charge in [-0.25, -0.2) is 4.98 Å². The number of hydrogen-bond donors (Lipinski definition) is 8. The second-order valence-electron chi connectivity index (χ2n) is 16.4. The summed E-state index contributed by atoms with van der Waals surface area (Å²) in [5.74, 6) is -3.18. The van der Waals surface area contributed by atoms with Crippen LogP contribution in [0.1, 0.15) is 12.0 Å². The molecule has 0 aliphatic heterocycles. The van der Waals surface area contributed by atoms with Gasteiger partial charge in [0.1, 0.15) is 48.7 Å². The first-order valence-corrected chi connectivity index (χ1v) is 31.4. The molecule has 0 bridgehead atoms. The molecule has 8 rings (SSSR count). The molecule has 30 nitrogen and oxygen atoms in total. The predicted octanol–water partition coefficient (Wildman–Crippen LogP) is 8.81. The Labute approximate surface area is 459 Å². The average molecular weight is 1260 g/mol. The topological polar surface area (TPSA) is 481 Å². The SMILES string of the molecule is Cc1cc(N=Nc2c(S(=O)(=O)O)cc3c(S(=O)(=O)O)c(N=Nc4c(-c5ccccc5)nn(-c5cc(Cl)cc(S(=O)(=O)O)c5)c4O)ccc3c2O)c(OCCCS(=O)(=O)O)cc1N=Nc1nc2c(S(=O)(=O)O)cc(S(=O)(=O)O)cc2s1. The summed E-state index contributed by atoms with van der Waals surface area (Å²) in [5.41, 5.74) is -3.21. The maximum Gasteiger partial charge on any atom is 0.297 e. The van der Waals surface area contributed by atoms with Crippen molar-refractivity contribution in [2.24, 2.45) is 30.7 Å². The molecule has 0 atom stereocenters. The van der Waals surface area contributed by atoms with Crippen molar-refractivity contribution >= 4 is 138 Å². The zero-order valence-electron chi connectivity index (χ0n) is 39.4. The number of azo groups is 3. The van der Waals surface area contributed by atoms with Crippen LogP contribution < -0.4 is 4.74 Å². The standard InChI is InChI=1S/C42H32ClN9O21S7/c1-20-12-30(31(73-10-5-11-75(55,56)57)19-29(20)46-50-42-44-36-32(74-42)16-25(77(61,62)63)17-33(36)78(64,65)66)47-48-37-34(79(67,68)69)18-27-26(39(37)53)8-9-28(40(27)80(70,71)72)45-49-38-35(21-6-3-2-4-7-21)51-52(41(38)54)23-13-22(43)14-24(15-23)76(58,59)60/h2-4,6-9,12-19,53-54H,5,10-11H2,1H3,(H,55,56,57)(H,58,59,60)(H,61,62,63)(H,64,65,66)(H,67,68,69)(H,70,71,72). The molecule has 0 fully saturated rings. The monoisotopic (exact) mass is 1260 g/mol. The third-order valence-electron chi connectivity index (χ3n) is 10.8. The molecule has 8 aromatic rings. The molecule has 80 heavy (non-hydrogen) atoms. The van der Waals surface area contributed by atoms with Gasteiger partial charge in [-0.1, -0.05) is 53.3 Å². The first kappa shape index (κ1) is 58.8. The van der Waals surface area contributed by atoms with E-state index >= 15 is 0 Å². The van der Waals surface area contributed by atoms with Gasteiger partial charge < -0.3 is 14.9 Å². The van der Waals surface area contributed by atoms with Gasteiger partial charge in [-0.3, -0.25) is 27.3 Å². The minimum absolute atomic E-state index is 0.0878. The van der Waals surface area contributed by atoms with Gasteiger partial charge in [-0.2, -0.15) is 60.3 Å². The second kappa shape index (κ2) is 21.6. The molecule has 0 spiro atoms. The van der Waals surface area contributed by atoms with Crippen molar-refractivity contribution < 1.29 is 92.8 Å². The Bertz CT molecular complexity index is 4710. The number of benzene rings is 6. The van der Waals surface area contributed by atoms with E-state index in [1.54, 1.807) is 18.2 Å². The number of rotatable bonds is 18. The molecule has 0 aliphatic rings. The number of thiazole rings is 1. The Morgan fingerprint density at radius 3 is 1.86 bits per heavy atom. The fraction of sp³-hybridized carbons (Fsp3) is 0.0952. The van der Waals surface area contributed by atoms with Gasteiger partial charge in [-0.05, 0) is 73.5 Å². The van der Waals surface area contributed by atoms with E-state index in [9.17, 15) is 88.0 Å². The highest BCUT2D eigenvalue weighted by atomic mass is 35.5. The summed E-state index contributed by atoms with van der Waals surface area (Å²) in [6.07, 6.45) is -0.341. The van der Waals surface area contributed by atoms with E-state index in [0.717, 1.165) is 47.1 Å². The van der Waals surface area contributed by atoms with Gasteiger partial charge in [0.25, 0.3) is 60.7 Å². The Morgan fingerprint density at radius 1 is 0.613 bits per heavy atom. The van der Waals surface area contributed by atoms with Crippen molar-refractivity contribution in [3.63, 3.8) is 0 Å². The normalized spacial score (nSPS) is 13.2. The number of halogens is 1. The summed E-state index contributed by atoms with van der Waals surface area (Å²) in [4.78, 5) is -1.15. The van der Waals surface area contributed by atoms with Gasteiger partial charge in [0.05, 0.1) is 38.2 Å². The highest BCUT2D eigenvalue weighted by Gasteiger charge is 2.30. The Balaban J connectivity index is 1.23. The quantitative estimate of drug-likeness (QED) is 0.0226. The van der Waals surface area contributed by atoms with Crippen LogP contribution in [0.15, 0.2) is 146 Å². The van der Waals surface area contributed by atoms with E-state index < -0.39 is 143 Å². The first-order valence-electron chi connectivity index (χ1n) is 21.4. The number of aromatic hydroxyl groups is 2. The number of aromatic nitrogens is 3. The Morgan fingerprint density at radius 2 is 1.24 bits per heavy atom. The number of ether oxygens (including phenoxy) is 1. The van der Waals surface area contributed by atoms with Crippen LogP contribution in [-0.2, 0) is 60.7 Å². The predicted molar refractivity (Wildman–Crippen MR) is 280 cm³/mol. The zero-order valence-corrected chi connectivity index (χ0v) is 45.9. The number of nitrogens with zero attached hydrogens (tertiary/aromatic N) is 9. The van der Waals surface area contributed by atoms with Gasteiger partial charge in [-0.15, -0.1) is 30.7 Å². The molecule has 0 aliphatic carbocycles. The lowest BCUT2D eigenvalue weighted by molar-refractivity contribution is 0.317. The molecule has 420 valence electrons. The summed E-state index contributed by atoms with van der Waals surface area (Å²) in [7, 11) is -30.6. The van der Waals surface area contributed by atoms with Gasteiger partial charge in [0.15, 0.2) is 11.4 Å². The van der Waals surface area contributed by atoms with Crippen LogP contribution in [0, 0.1) is 6.92 Å². The van der Waals surface area contributed by atoms with Gasteiger partial charge in [0.2, 0.25) is 11.0 Å². The van der Waals surface area contributed by atoms with Crippen LogP contribution in [0.25, 0.3) is 37.9 Å². The number of phenols is 1. The molecule has 8 N–H and O–H groups in total. The van der Waals surface area contributed by atoms with Crippen molar-refractivity contribution in [1.82, 2.24) is 14.8 Å². The Hall–Kier alpha value is -7.37. The largest absolute Gasteiger partial charge is 0.505 e. The fourth-order valence-electron chi connectivity index (χ4n) is 7.35. The number of aryl methyl sites for hydroxylation is 1. The average Bonchev–Trinajstić information content (AvgIpc) is 4.04. The summed E-state index contributed by atoms with van der Waals surface area (Å²) in [6, 6.07) is 16.6. The van der Waals surface area contributed by atoms with E-state index in [0.29, 0.717) is 23.5 Å². The minimum atomic E-state index is -5.57. The highest BCUT2D eigenvalue weighted by molar-refractivity contribution is 7.87. The van der Waals surface area contributed by atoms with Crippen molar-refractivity contribution in [3.8, 4) is 34.3 Å². The van der Waals surface area contributed by atoms with Crippen LogP contribution >= 0.6 is 22.9 Å². The highest BCUT2D eigenvalue weighted by Crippen LogP contribution is 2.48. The number of hydrogen-bond acceptors (Lipinski definition) is 24. The minimum Gasteiger partial charge on any atom is -0.505 e. The van der Waals surface area contributed by atoms with Gasteiger partial charge >= 0.3 is 0 Å². The van der Waals surface area contributed by atoms with Crippen LogP contribution in [0.5, 0.6) is 17.4 Å². The third kappa shape index (κ3) is 12.9. The first-order chi connectivity index (χ1) is 37.1. The van der Waals surface area contributed by atoms with E-state index in [1.165, 1.54) is 25.1 Å². The molecule has 0 saturated heterocycles. The zero-order chi connectivity index (χ0) is 58.7. The van der Waals surface area contributed by atoms with Crippen molar-refractivity contribution in [3.05, 3.63) is 102 Å². The maximum atomic E-state index is 13.2. The van der Waals surface area contributed by atoms with Crippen molar-refractivity contribution in [2.45, 2.75) is 37.8 Å². The van der Waals surface area contributed by atoms with E-state index in [2.05, 4.69) is 40.8 Å². The van der Waals surface area contributed by atoms with Crippen LogP contribution in [0.3, 0.4) is 0 Å². The number of fused-ring (bicyclic) bond motifs is 2. The molecule has 2 heterocycles. The molecule has 2 aromatic heterocycles. The Kier molecular flexibility index (Phi) is 15.9. The molecule has 38 heteroatoms. The van der Waals surface area contributed by atoms with Crippen molar-refractivity contribution in [2.75, 3.05) is 12.4 Å². The lowest BCUT2D eigenvalue weighted by atomic mass is 10.1. The van der Waals surface area contributed by atoms with Crippen LogP contribution in [-0.4, -0.2) is 115 Å². The lowest BCUT2D eigenvalue weighted by Crippen LogP contribution is -2.08. The maximum absolute atomic E-state index is 13.2. The van der Waals surface area contributed by atoms with E-state index in [1.807, 2.05) is 0 Å². The molecule has 6 aromatic carbocycles. The van der Waals surface area contributed by atoms with Crippen LogP contribution in [0.4, 0.5) is 33.6 Å². The smallest absolute Gasteiger partial charge is 0.297 e. The van der Waals surface area contributed by atoms with Crippen molar-refractivity contribution in [1.29, 1.82) is 0 Å². The molecule has 0 amide bonds. The van der Waals surface area contributed by atoms with Gasteiger partial charge in [0, 0.05) is 27.4 Å². The summed E-state index contributed by atoms with van der Waals surface area (Å²) >= 11 is 6.69. The summed E-state index contributed by atoms with van der Waals surface area (Å²) < 4.78 is 213. The molecular formula is C42H32ClN9O21S7. The second-order valence-corrected chi connectivity index (χ2v) is 26.4.